The zero-order chi connectivity index (χ0) is 13.8. The number of nitro benzene ring substituents is 1. The molecule has 0 spiro atoms. The highest BCUT2D eigenvalue weighted by molar-refractivity contribution is 5.84. The highest BCUT2D eigenvalue weighted by Gasteiger charge is 2.18. The van der Waals surface area contributed by atoms with Gasteiger partial charge in [0, 0.05) is 18.5 Å². The summed E-state index contributed by atoms with van der Waals surface area (Å²) in [5.41, 5.74) is 0.553. The number of oxazole rings is 1. The van der Waals surface area contributed by atoms with Gasteiger partial charge in [0.2, 0.25) is 0 Å². The van der Waals surface area contributed by atoms with Gasteiger partial charge in [0.15, 0.2) is 11.1 Å². The largest absolute Gasteiger partial charge is 0.423 e. The van der Waals surface area contributed by atoms with E-state index in [0.29, 0.717) is 12.0 Å². The van der Waals surface area contributed by atoms with Crippen LogP contribution in [0.5, 0.6) is 0 Å². The van der Waals surface area contributed by atoms with Gasteiger partial charge in [0.1, 0.15) is 0 Å². The molecule has 0 saturated heterocycles. The van der Waals surface area contributed by atoms with Gasteiger partial charge in [-0.1, -0.05) is 13.0 Å². The van der Waals surface area contributed by atoms with Crippen LogP contribution >= 0.6 is 0 Å². The number of fused-ring (bicyclic) bond motifs is 1. The van der Waals surface area contributed by atoms with Gasteiger partial charge in [-0.3, -0.25) is 10.1 Å². The molecule has 1 aromatic carbocycles. The van der Waals surface area contributed by atoms with E-state index in [1.54, 1.807) is 12.1 Å². The Morgan fingerprint density at radius 2 is 2.42 bits per heavy atom. The summed E-state index contributed by atoms with van der Waals surface area (Å²) in [5, 5.41) is 13.9. The molecule has 6 heteroatoms. The molecule has 0 radical (unpaired) electrons. The van der Waals surface area contributed by atoms with Crippen LogP contribution in [0.1, 0.15) is 19.8 Å². The smallest absolute Gasteiger partial charge is 0.298 e. The molecule has 98 valence electrons. The van der Waals surface area contributed by atoms with Crippen LogP contribution in [0.2, 0.25) is 0 Å². The van der Waals surface area contributed by atoms with Crippen molar-refractivity contribution < 1.29 is 9.34 Å². The number of anilines is 1. The number of benzene rings is 1. The van der Waals surface area contributed by atoms with Gasteiger partial charge in [-0.05, 0) is 12.5 Å². The van der Waals surface area contributed by atoms with Crippen molar-refractivity contribution in [2.24, 2.45) is 0 Å². The second-order valence-corrected chi connectivity index (χ2v) is 4.06. The summed E-state index contributed by atoms with van der Waals surface area (Å²) in [6.45, 7) is 1.99. The third kappa shape index (κ3) is 2.65. The van der Waals surface area contributed by atoms with Gasteiger partial charge in [-0.2, -0.15) is 4.98 Å². The number of aromatic nitrogens is 1. The van der Waals surface area contributed by atoms with Gasteiger partial charge < -0.3 is 9.73 Å². The maximum Gasteiger partial charge on any atom is 0.298 e. The summed E-state index contributed by atoms with van der Waals surface area (Å²) in [6.07, 6.45) is 6.62. The first-order chi connectivity index (χ1) is 9.15. The topological polar surface area (TPSA) is 81.2 Å². The van der Waals surface area contributed by atoms with Crippen LogP contribution in [-0.2, 0) is 0 Å². The van der Waals surface area contributed by atoms with E-state index in [1.807, 2.05) is 6.92 Å². The fourth-order valence-corrected chi connectivity index (χ4v) is 1.76. The minimum atomic E-state index is -0.479. The molecule has 19 heavy (non-hydrogen) atoms. The fraction of sp³-hybridized carbons (Fsp3) is 0.308. The molecule has 2 aromatic rings. The Morgan fingerprint density at radius 1 is 1.63 bits per heavy atom. The highest BCUT2D eigenvalue weighted by atomic mass is 16.6. The first-order valence-electron chi connectivity index (χ1n) is 5.89. The SMILES string of the molecule is C#CCC(CC)Nc1nc2c([N+](=O)[O-])cccc2o1. The Bertz CT molecular complexity index is 642. The van der Waals surface area contributed by atoms with Crippen LogP contribution in [0.15, 0.2) is 22.6 Å². The lowest BCUT2D eigenvalue weighted by molar-refractivity contribution is -0.383. The number of nitrogens with one attached hydrogen (secondary N) is 1. The van der Waals surface area contributed by atoms with E-state index in [2.05, 4.69) is 16.2 Å². The molecule has 1 aromatic heterocycles. The number of nitro groups is 1. The van der Waals surface area contributed by atoms with E-state index in [9.17, 15) is 10.1 Å². The van der Waals surface area contributed by atoms with Gasteiger partial charge in [0.25, 0.3) is 11.7 Å². The molecular formula is C13H13N3O3. The first kappa shape index (κ1) is 12.9. The molecule has 0 bridgehead atoms. The summed E-state index contributed by atoms with van der Waals surface area (Å²) in [4.78, 5) is 14.5. The minimum Gasteiger partial charge on any atom is -0.423 e. The number of rotatable bonds is 5. The molecule has 1 N–H and O–H groups in total. The molecule has 0 amide bonds. The van der Waals surface area contributed by atoms with Crippen LogP contribution in [0, 0.1) is 22.5 Å². The summed E-state index contributed by atoms with van der Waals surface area (Å²) in [5.74, 6) is 2.56. The van der Waals surface area contributed by atoms with E-state index in [4.69, 9.17) is 10.8 Å². The van der Waals surface area contributed by atoms with Crippen molar-refractivity contribution in [1.82, 2.24) is 4.98 Å². The average molecular weight is 259 g/mol. The van der Waals surface area contributed by atoms with Gasteiger partial charge >= 0.3 is 0 Å². The van der Waals surface area contributed by atoms with Crippen molar-refractivity contribution >= 4 is 22.8 Å². The zero-order valence-corrected chi connectivity index (χ0v) is 10.4. The van der Waals surface area contributed by atoms with Crippen LogP contribution in [0.25, 0.3) is 11.1 Å². The lowest BCUT2D eigenvalue weighted by Gasteiger charge is -2.11. The molecular weight excluding hydrogens is 246 g/mol. The Morgan fingerprint density at radius 3 is 3.05 bits per heavy atom. The Kier molecular flexibility index (Phi) is 3.66. The van der Waals surface area contributed by atoms with Gasteiger partial charge in [-0.25, -0.2) is 0 Å². The van der Waals surface area contributed by atoms with Crippen LogP contribution in [0.4, 0.5) is 11.7 Å². The molecule has 1 atom stereocenters. The van der Waals surface area contributed by atoms with Crippen molar-refractivity contribution in [3.8, 4) is 12.3 Å². The minimum absolute atomic E-state index is 0.0390. The standard InChI is InChI=1S/C13H13N3O3/c1-3-6-9(4-2)14-13-15-12-10(16(17)18)7-5-8-11(12)19-13/h1,5,7-9H,4,6H2,2H3,(H,14,15). The van der Waals surface area contributed by atoms with E-state index in [0.717, 1.165) is 6.42 Å². The Hall–Kier alpha value is -2.55. The second-order valence-electron chi connectivity index (χ2n) is 4.06. The number of non-ortho nitro benzene ring substituents is 1. The maximum absolute atomic E-state index is 10.9. The van der Waals surface area contributed by atoms with E-state index in [1.165, 1.54) is 6.07 Å². The molecule has 1 unspecified atom stereocenters. The quantitative estimate of drug-likeness (QED) is 0.507. The predicted octanol–water partition coefficient (Wildman–Crippen LogP) is 2.95. The monoisotopic (exact) mass is 259 g/mol. The zero-order valence-electron chi connectivity index (χ0n) is 10.4. The molecule has 6 nitrogen and oxygen atoms in total. The first-order valence-corrected chi connectivity index (χ1v) is 5.89. The predicted molar refractivity (Wildman–Crippen MR) is 71.8 cm³/mol. The molecule has 1 heterocycles. The molecule has 2 rings (SSSR count). The number of para-hydroxylation sites is 1. The lowest BCUT2D eigenvalue weighted by Crippen LogP contribution is -2.17. The molecule has 0 fully saturated rings. The number of terminal acetylenes is 1. The average Bonchev–Trinajstić information content (AvgIpc) is 2.79. The van der Waals surface area contributed by atoms with Crippen molar-refractivity contribution in [1.29, 1.82) is 0 Å². The maximum atomic E-state index is 10.9. The normalized spacial score (nSPS) is 12.0. The second kappa shape index (κ2) is 5.40. The number of hydrogen-bond acceptors (Lipinski definition) is 5. The van der Waals surface area contributed by atoms with Crippen molar-refractivity contribution in [3.05, 3.63) is 28.3 Å². The van der Waals surface area contributed by atoms with Gasteiger partial charge in [-0.15, -0.1) is 12.3 Å². The highest BCUT2D eigenvalue weighted by Crippen LogP contribution is 2.27. The van der Waals surface area contributed by atoms with Crippen LogP contribution in [0.3, 0.4) is 0 Å². The fourth-order valence-electron chi connectivity index (χ4n) is 1.76. The number of hydrogen-bond donors (Lipinski definition) is 1. The summed E-state index contributed by atoms with van der Waals surface area (Å²) < 4.78 is 5.44. The Labute approximate surface area is 110 Å². The third-order valence-electron chi connectivity index (χ3n) is 2.78. The lowest BCUT2D eigenvalue weighted by atomic mass is 10.2. The molecule has 0 aliphatic rings. The Balaban J connectivity index is 2.34. The van der Waals surface area contributed by atoms with Crippen molar-refractivity contribution in [2.45, 2.75) is 25.8 Å². The van der Waals surface area contributed by atoms with Crippen LogP contribution < -0.4 is 5.32 Å². The summed E-state index contributed by atoms with van der Waals surface area (Å²) in [6, 6.07) is 4.90. The van der Waals surface area contributed by atoms with Crippen molar-refractivity contribution in [3.63, 3.8) is 0 Å². The third-order valence-corrected chi connectivity index (χ3v) is 2.78. The summed E-state index contributed by atoms with van der Waals surface area (Å²) in [7, 11) is 0. The van der Waals surface area contributed by atoms with E-state index in [-0.39, 0.29) is 23.3 Å². The summed E-state index contributed by atoms with van der Waals surface area (Å²) >= 11 is 0. The van der Waals surface area contributed by atoms with E-state index < -0.39 is 4.92 Å². The molecule has 0 aliphatic carbocycles. The number of nitrogens with zero attached hydrogens (tertiary/aromatic N) is 2. The molecule has 0 aliphatic heterocycles. The van der Waals surface area contributed by atoms with E-state index >= 15 is 0 Å². The molecule has 0 saturated carbocycles. The van der Waals surface area contributed by atoms with Gasteiger partial charge in [0.05, 0.1) is 4.92 Å². The van der Waals surface area contributed by atoms with Crippen molar-refractivity contribution in [2.75, 3.05) is 5.32 Å². The van der Waals surface area contributed by atoms with Crippen LogP contribution in [-0.4, -0.2) is 15.9 Å².